The second-order valence-electron chi connectivity index (χ2n) is 5.03. The van der Waals surface area contributed by atoms with E-state index in [1.54, 1.807) is 0 Å². The monoisotopic (exact) mass is 335 g/mol. The second-order valence-corrected chi connectivity index (χ2v) is 7.09. The molecule has 0 aliphatic rings. The summed E-state index contributed by atoms with van der Waals surface area (Å²) in [5.74, 6) is 0.225. The number of nitro benzene ring substituents is 1. The maximum absolute atomic E-state index is 12.4. The van der Waals surface area contributed by atoms with Crippen LogP contribution in [0.15, 0.2) is 23.1 Å². The summed E-state index contributed by atoms with van der Waals surface area (Å²) in [6.45, 7) is 3.94. The first-order valence-electron chi connectivity index (χ1n) is 6.34. The molecule has 0 saturated carbocycles. The Balaban J connectivity index is 3.22. The minimum Gasteiger partial charge on any atom is -0.329 e. The van der Waals surface area contributed by atoms with E-state index in [4.69, 9.17) is 17.3 Å². The summed E-state index contributed by atoms with van der Waals surface area (Å²) in [6.07, 6.45) is 0.522. The van der Waals surface area contributed by atoms with Gasteiger partial charge in [-0.1, -0.05) is 31.5 Å². The molecule has 0 amide bonds. The largest absolute Gasteiger partial charge is 0.329 e. The molecule has 0 aliphatic carbocycles. The highest BCUT2D eigenvalue weighted by atomic mass is 35.5. The van der Waals surface area contributed by atoms with Gasteiger partial charge in [0.2, 0.25) is 10.0 Å². The molecule has 0 bridgehead atoms. The Bertz CT molecular complexity index is 619. The van der Waals surface area contributed by atoms with Gasteiger partial charge in [0.15, 0.2) is 4.90 Å². The molecule has 1 atom stereocenters. The van der Waals surface area contributed by atoms with Crippen LogP contribution in [0.3, 0.4) is 0 Å². The van der Waals surface area contributed by atoms with Crippen LogP contribution >= 0.6 is 11.6 Å². The molecule has 0 aromatic heterocycles. The minimum absolute atomic E-state index is 0.0929. The van der Waals surface area contributed by atoms with Crippen LogP contribution in [-0.4, -0.2) is 25.9 Å². The van der Waals surface area contributed by atoms with Crippen LogP contribution in [0, 0.1) is 16.0 Å². The van der Waals surface area contributed by atoms with Gasteiger partial charge in [-0.25, -0.2) is 13.1 Å². The average Bonchev–Trinajstić information content (AvgIpc) is 2.36. The van der Waals surface area contributed by atoms with Crippen molar-refractivity contribution in [3.05, 3.63) is 33.3 Å². The van der Waals surface area contributed by atoms with E-state index >= 15 is 0 Å². The van der Waals surface area contributed by atoms with Crippen LogP contribution in [0.1, 0.15) is 20.3 Å². The molecule has 1 aromatic carbocycles. The van der Waals surface area contributed by atoms with Crippen molar-refractivity contribution in [1.82, 2.24) is 4.72 Å². The normalized spacial score (nSPS) is 13.4. The molecule has 0 spiro atoms. The molecule has 3 N–H and O–H groups in total. The van der Waals surface area contributed by atoms with Gasteiger partial charge in [0.25, 0.3) is 5.69 Å². The third kappa shape index (κ3) is 4.63. The molecule has 0 fully saturated rings. The number of rotatable bonds is 7. The lowest BCUT2D eigenvalue weighted by molar-refractivity contribution is -0.387. The predicted octanol–water partition coefficient (Wildman–Crippen LogP) is 1.90. The Hall–Kier alpha value is -1.22. The van der Waals surface area contributed by atoms with Gasteiger partial charge in [-0.2, -0.15) is 0 Å². The van der Waals surface area contributed by atoms with Crippen molar-refractivity contribution in [2.45, 2.75) is 31.2 Å². The molecule has 0 saturated heterocycles. The van der Waals surface area contributed by atoms with Crippen LogP contribution in [0.25, 0.3) is 0 Å². The predicted molar refractivity (Wildman–Crippen MR) is 80.7 cm³/mol. The van der Waals surface area contributed by atoms with Gasteiger partial charge in [-0.05, 0) is 18.4 Å². The number of sulfonamides is 1. The molecular weight excluding hydrogens is 318 g/mol. The van der Waals surface area contributed by atoms with Crippen molar-refractivity contribution in [1.29, 1.82) is 0 Å². The van der Waals surface area contributed by atoms with Crippen molar-refractivity contribution in [2.24, 2.45) is 11.7 Å². The van der Waals surface area contributed by atoms with Crippen molar-refractivity contribution >= 4 is 27.3 Å². The molecule has 7 nitrogen and oxygen atoms in total. The van der Waals surface area contributed by atoms with Crippen LogP contribution < -0.4 is 10.5 Å². The fourth-order valence-corrected chi connectivity index (χ4v) is 3.91. The molecule has 0 radical (unpaired) electrons. The molecule has 0 heterocycles. The Morgan fingerprint density at radius 2 is 2.05 bits per heavy atom. The van der Waals surface area contributed by atoms with Crippen molar-refractivity contribution in [2.75, 3.05) is 6.54 Å². The summed E-state index contributed by atoms with van der Waals surface area (Å²) >= 11 is 5.84. The highest BCUT2D eigenvalue weighted by Crippen LogP contribution is 2.30. The highest BCUT2D eigenvalue weighted by Gasteiger charge is 2.30. The number of nitrogens with two attached hydrogens (primary N) is 1. The van der Waals surface area contributed by atoms with Crippen LogP contribution in [0.4, 0.5) is 5.69 Å². The Morgan fingerprint density at radius 3 is 2.52 bits per heavy atom. The minimum atomic E-state index is -4.13. The van der Waals surface area contributed by atoms with Gasteiger partial charge >= 0.3 is 0 Å². The van der Waals surface area contributed by atoms with E-state index in [0.29, 0.717) is 6.42 Å². The molecule has 1 aromatic rings. The van der Waals surface area contributed by atoms with Crippen LogP contribution in [0.2, 0.25) is 5.02 Å². The maximum Gasteiger partial charge on any atom is 0.290 e. The first-order chi connectivity index (χ1) is 9.69. The molecule has 118 valence electrons. The average molecular weight is 336 g/mol. The molecule has 1 rings (SSSR count). The van der Waals surface area contributed by atoms with Crippen LogP contribution in [-0.2, 0) is 10.0 Å². The third-order valence-corrected chi connectivity index (χ3v) is 4.81. The van der Waals surface area contributed by atoms with Crippen molar-refractivity contribution in [3.63, 3.8) is 0 Å². The smallest absolute Gasteiger partial charge is 0.290 e. The summed E-state index contributed by atoms with van der Waals surface area (Å²) in [4.78, 5) is 9.68. The lowest BCUT2D eigenvalue weighted by Crippen LogP contribution is -2.41. The lowest BCUT2D eigenvalue weighted by atomic mass is 10.1. The third-order valence-electron chi connectivity index (χ3n) is 2.77. The molecule has 21 heavy (non-hydrogen) atoms. The van der Waals surface area contributed by atoms with E-state index in [1.807, 2.05) is 13.8 Å². The quantitative estimate of drug-likeness (QED) is 0.583. The number of nitrogens with one attached hydrogen (secondary N) is 1. The van der Waals surface area contributed by atoms with Gasteiger partial charge in [-0.15, -0.1) is 0 Å². The molecule has 0 aliphatic heterocycles. The molecule has 9 heteroatoms. The maximum atomic E-state index is 12.4. The number of hydrogen-bond donors (Lipinski definition) is 2. The lowest BCUT2D eigenvalue weighted by Gasteiger charge is -2.19. The van der Waals surface area contributed by atoms with Crippen molar-refractivity contribution in [3.8, 4) is 0 Å². The van der Waals surface area contributed by atoms with Gasteiger partial charge in [0.1, 0.15) is 0 Å². The summed E-state index contributed by atoms with van der Waals surface area (Å²) in [6, 6.07) is 3.21. The van der Waals surface area contributed by atoms with E-state index < -0.39 is 31.6 Å². The Morgan fingerprint density at radius 1 is 1.43 bits per heavy atom. The first-order valence-corrected chi connectivity index (χ1v) is 8.20. The van der Waals surface area contributed by atoms with Gasteiger partial charge < -0.3 is 5.73 Å². The summed E-state index contributed by atoms with van der Waals surface area (Å²) in [5.41, 5.74) is 4.99. The van der Waals surface area contributed by atoms with E-state index in [0.717, 1.165) is 6.07 Å². The first kappa shape index (κ1) is 17.8. The molecular formula is C12H18ClN3O4S. The van der Waals surface area contributed by atoms with Crippen molar-refractivity contribution < 1.29 is 13.3 Å². The SMILES string of the molecule is CC(C)CC(CN)NS(=O)(=O)c1c(Cl)cccc1[N+](=O)[O-]. The zero-order valence-electron chi connectivity index (χ0n) is 11.7. The standard InChI is InChI=1S/C12H18ClN3O4S/c1-8(2)6-9(7-14)15-21(19,20)12-10(13)4-3-5-11(12)16(17)18/h3-5,8-9,15H,6-7,14H2,1-2H3. The van der Waals surface area contributed by atoms with E-state index in [-0.39, 0.29) is 17.5 Å². The topological polar surface area (TPSA) is 115 Å². The fraction of sp³-hybridized carbons (Fsp3) is 0.500. The van der Waals surface area contributed by atoms with Gasteiger partial charge in [-0.3, -0.25) is 10.1 Å². The summed E-state index contributed by atoms with van der Waals surface area (Å²) < 4.78 is 27.1. The van der Waals surface area contributed by atoms with Gasteiger partial charge in [0, 0.05) is 18.7 Å². The zero-order chi connectivity index (χ0) is 16.2. The van der Waals surface area contributed by atoms with E-state index in [1.165, 1.54) is 12.1 Å². The summed E-state index contributed by atoms with van der Waals surface area (Å²) in [7, 11) is -4.13. The number of nitrogens with zero attached hydrogens (tertiary/aromatic N) is 1. The van der Waals surface area contributed by atoms with E-state index in [9.17, 15) is 18.5 Å². The van der Waals surface area contributed by atoms with Gasteiger partial charge in [0.05, 0.1) is 9.95 Å². The number of benzene rings is 1. The summed E-state index contributed by atoms with van der Waals surface area (Å²) in [5, 5.41) is 10.8. The second kappa shape index (κ2) is 7.17. The Kier molecular flexibility index (Phi) is 6.09. The van der Waals surface area contributed by atoms with E-state index in [2.05, 4.69) is 4.72 Å². The zero-order valence-corrected chi connectivity index (χ0v) is 13.3. The fourth-order valence-electron chi connectivity index (χ4n) is 1.95. The highest BCUT2D eigenvalue weighted by molar-refractivity contribution is 7.89. The molecule has 1 unspecified atom stereocenters. The number of nitro groups is 1. The number of hydrogen-bond acceptors (Lipinski definition) is 5. The Labute approximate surface area is 128 Å². The van der Waals surface area contributed by atoms with Crippen LogP contribution in [0.5, 0.6) is 0 Å². The number of halogens is 1.